The Morgan fingerprint density at radius 1 is 1.41 bits per heavy atom. The van der Waals surface area contributed by atoms with Gasteiger partial charge < -0.3 is 15.0 Å². The third-order valence-corrected chi connectivity index (χ3v) is 4.48. The van der Waals surface area contributed by atoms with Gasteiger partial charge in [0.1, 0.15) is 11.9 Å². The molecule has 0 aliphatic carbocycles. The summed E-state index contributed by atoms with van der Waals surface area (Å²) >= 11 is 6.53. The van der Waals surface area contributed by atoms with Crippen molar-refractivity contribution in [2.75, 3.05) is 17.7 Å². The van der Waals surface area contributed by atoms with E-state index in [-0.39, 0.29) is 32.6 Å². The van der Waals surface area contributed by atoms with Crippen molar-refractivity contribution in [2.45, 2.75) is 11.9 Å². The first-order valence-electron chi connectivity index (χ1n) is 7.47. The number of anilines is 1. The van der Waals surface area contributed by atoms with E-state index in [0.717, 1.165) is 17.8 Å². The molecule has 1 heterocycles. The number of halogens is 2. The van der Waals surface area contributed by atoms with Crippen LogP contribution < -0.4 is 10.9 Å². The molecule has 0 saturated heterocycles. The summed E-state index contributed by atoms with van der Waals surface area (Å²) in [5, 5.41) is 11.6. The van der Waals surface area contributed by atoms with Crippen molar-refractivity contribution in [2.24, 2.45) is 0 Å². The molecule has 0 atom stereocenters. The van der Waals surface area contributed by atoms with Gasteiger partial charge in [-0.25, -0.2) is 4.39 Å². The number of carbonyl (C=O) groups excluding carboxylic acids is 2. The summed E-state index contributed by atoms with van der Waals surface area (Å²) in [7, 11) is 0. The lowest BCUT2D eigenvalue weighted by atomic mass is 10.2. The van der Waals surface area contributed by atoms with Gasteiger partial charge in [-0.3, -0.25) is 14.4 Å². The average Bonchev–Trinajstić information content (AvgIpc) is 2.61. The number of amides is 1. The lowest BCUT2D eigenvalue weighted by Gasteiger charge is -2.08. The normalized spacial score (nSPS) is 10.1. The Bertz CT molecular complexity index is 987. The molecule has 0 unspecified atom stereocenters. The number of aromatic amines is 1. The highest BCUT2D eigenvalue weighted by Crippen LogP contribution is 2.21. The predicted molar refractivity (Wildman–Crippen MR) is 98.2 cm³/mol. The van der Waals surface area contributed by atoms with Crippen molar-refractivity contribution in [3.63, 3.8) is 0 Å². The first kappa shape index (κ1) is 20.5. The Hall–Kier alpha value is -2.83. The number of nitrogens with one attached hydrogen (secondary N) is 2. The van der Waals surface area contributed by atoms with Gasteiger partial charge in [-0.1, -0.05) is 23.4 Å². The molecule has 0 spiro atoms. The molecular formula is C17H13ClFN3O4S. The van der Waals surface area contributed by atoms with Crippen LogP contribution in [0.15, 0.2) is 34.1 Å². The van der Waals surface area contributed by atoms with Gasteiger partial charge in [0.25, 0.3) is 5.91 Å². The zero-order valence-electron chi connectivity index (χ0n) is 14.0. The highest BCUT2D eigenvalue weighted by Gasteiger charge is 2.13. The summed E-state index contributed by atoms with van der Waals surface area (Å²) in [5.74, 6) is -2.16. The molecule has 1 amide bonds. The van der Waals surface area contributed by atoms with Crippen LogP contribution in [0.1, 0.15) is 11.1 Å². The molecule has 27 heavy (non-hydrogen) atoms. The third-order valence-electron chi connectivity index (χ3n) is 3.22. The van der Waals surface area contributed by atoms with Crippen molar-refractivity contribution in [1.82, 2.24) is 4.98 Å². The molecule has 140 valence electrons. The lowest BCUT2D eigenvalue weighted by Crippen LogP contribution is -2.21. The molecule has 2 rings (SSSR count). The van der Waals surface area contributed by atoms with Crippen LogP contribution in [0.25, 0.3) is 0 Å². The molecule has 7 nitrogen and oxygen atoms in total. The third kappa shape index (κ3) is 5.84. The van der Waals surface area contributed by atoms with Crippen molar-refractivity contribution in [1.29, 1.82) is 5.26 Å². The van der Waals surface area contributed by atoms with E-state index in [2.05, 4.69) is 10.3 Å². The second-order valence-electron chi connectivity index (χ2n) is 5.26. The fourth-order valence-electron chi connectivity index (χ4n) is 2.00. The number of esters is 1. The fraction of sp³-hybridized carbons (Fsp3) is 0.176. The number of pyridine rings is 1. The van der Waals surface area contributed by atoms with E-state index in [1.165, 1.54) is 18.2 Å². The summed E-state index contributed by atoms with van der Waals surface area (Å²) in [6.45, 7) is 1.06. The first-order valence-corrected chi connectivity index (χ1v) is 8.84. The molecule has 1 aromatic heterocycles. The number of thioether (sulfide) groups is 1. The Morgan fingerprint density at radius 2 is 2.15 bits per heavy atom. The minimum atomic E-state index is -0.710. The Kier molecular flexibility index (Phi) is 6.98. The minimum Gasteiger partial charge on any atom is -0.455 e. The van der Waals surface area contributed by atoms with Crippen molar-refractivity contribution in [3.8, 4) is 6.07 Å². The Labute approximate surface area is 162 Å². The molecule has 10 heteroatoms. The predicted octanol–water partition coefficient (Wildman–Crippen LogP) is 2.62. The largest absolute Gasteiger partial charge is 0.455 e. The van der Waals surface area contributed by atoms with Crippen LogP contribution in [-0.2, 0) is 14.3 Å². The van der Waals surface area contributed by atoms with Crippen molar-refractivity contribution >= 4 is 40.9 Å². The zero-order valence-corrected chi connectivity index (χ0v) is 15.5. The van der Waals surface area contributed by atoms with Crippen LogP contribution in [-0.4, -0.2) is 29.2 Å². The van der Waals surface area contributed by atoms with Crippen molar-refractivity contribution in [3.05, 3.63) is 56.6 Å². The smallest absolute Gasteiger partial charge is 0.316 e. The summed E-state index contributed by atoms with van der Waals surface area (Å²) in [4.78, 5) is 37.5. The fourth-order valence-corrected chi connectivity index (χ4v) is 3.05. The topological polar surface area (TPSA) is 112 Å². The maximum absolute atomic E-state index is 13.1. The van der Waals surface area contributed by atoms with Crippen LogP contribution in [0, 0.1) is 24.1 Å². The second-order valence-corrected chi connectivity index (χ2v) is 6.65. The summed E-state index contributed by atoms with van der Waals surface area (Å²) < 4.78 is 17.9. The standard InChI is InChI=1S/C17H13ClFN3O4S/c1-9-4-14(23)22-17(11(9)6-20)27-8-16(25)26-7-15(24)21-10-2-3-13(19)12(18)5-10/h2-5H,7-8H2,1H3,(H,21,24)(H,22,23). The van der Waals surface area contributed by atoms with Crippen LogP contribution in [0.4, 0.5) is 10.1 Å². The van der Waals surface area contributed by atoms with Crippen molar-refractivity contribution < 1.29 is 18.7 Å². The SMILES string of the molecule is Cc1cc(=O)[nH]c(SCC(=O)OCC(=O)Nc2ccc(F)c(Cl)c2)c1C#N. The number of hydrogen-bond acceptors (Lipinski definition) is 6. The molecule has 0 fully saturated rings. The number of benzene rings is 1. The van der Waals surface area contributed by atoms with E-state index in [1.54, 1.807) is 6.92 Å². The average molecular weight is 410 g/mol. The second kappa shape index (κ2) is 9.21. The number of hydrogen-bond donors (Lipinski definition) is 2. The number of H-pyrrole nitrogens is 1. The highest BCUT2D eigenvalue weighted by atomic mass is 35.5. The number of aryl methyl sites for hydroxylation is 1. The number of rotatable bonds is 6. The van der Waals surface area contributed by atoms with Gasteiger partial charge in [0, 0.05) is 11.8 Å². The number of carbonyl (C=O) groups is 2. The molecule has 0 bridgehead atoms. The number of nitriles is 1. The van der Waals surface area contributed by atoms with E-state index in [9.17, 15) is 18.8 Å². The maximum Gasteiger partial charge on any atom is 0.316 e. The van der Waals surface area contributed by atoms with Gasteiger partial charge in [0.15, 0.2) is 6.61 Å². The Balaban J connectivity index is 1.86. The van der Waals surface area contributed by atoms with Gasteiger partial charge in [0.2, 0.25) is 5.56 Å². The van der Waals surface area contributed by atoms with Crippen LogP contribution in [0.2, 0.25) is 5.02 Å². The monoisotopic (exact) mass is 409 g/mol. The lowest BCUT2D eigenvalue weighted by molar-refractivity contribution is -0.144. The zero-order chi connectivity index (χ0) is 20.0. The Morgan fingerprint density at radius 3 is 2.81 bits per heavy atom. The molecule has 2 aromatic rings. The van der Waals surface area contributed by atoms with E-state index >= 15 is 0 Å². The van der Waals surface area contributed by atoms with Gasteiger partial charge in [-0.15, -0.1) is 0 Å². The number of aromatic nitrogens is 1. The van der Waals surface area contributed by atoms with E-state index in [1.807, 2.05) is 6.07 Å². The molecule has 0 aliphatic rings. The quantitative estimate of drug-likeness (QED) is 0.560. The first-order chi connectivity index (χ1) is 12.8. The van der Waals surface area contributed by atoms with Gasteiger partial charge in [-0.05, 0) is 30.7 Å². The van der Waals surface area contributed by atoms with Gasteiger partial charge in [0.05, 0.1) is 21.4 Å². The van der Waals surface area contributed by atoms with Gasteiger partial charge in [-0.2, -0.15) is 5.26 Å². The molecule has 2 N–H and O–H groups in total. The molecule has 0 saturated carbocycles. The number of nitrogens with zero attached hydrogens (tertiary/aromatic N) is 1. The molecule has 1 aromatic carbocycles. The summed E-state index contributed by atoms with van der Waals surface area (Å²) in [5.41, 5.74) is 0.625. The summed E-state index contributed by atoms with van der Waals surface area (Å²) in [6, 6.07) is 6.87. The van der Waals surface area contributed by atoms with E-state index in [0.29, 0.717) is 5.56 Å². The maximum atomic E-state index is 13.1. The molecule has 0 radical (unpaired) electrons. The minimum absolute atomic E-state index is 0.151. The van der Waals surface area contributed by atoms with E-state index < -0.39 is 24.3 Å². The highest BCUT2D eigenvalue weighted by molar-refractivity contribution is 7.99. The van der Waals surface area contributed by atoms with Crippen LogP contribution in [0.5, 0.6) is 0 Å². The van der Waals surface area contributed by atoms with E-state index in [4.69, 9.17) is 21.6 Å². The molecule has 0 aliphatic heterocycles. The van der Waals surface area contributed by atoms with Gasteiger partial charge >= 0.3 is 5.97 Å². The van der Waals surface area contributed by atoms with Crippen LogP contribution >= 0.6 is 23.4 Å². The summed E-state index contributed by atoms with van der Waals surface area (Å²) in [6.07, 6.45) is 0. The number of ether oxygens (including phenoxy) is 1. The van der Waals surface area contributed by atoms with Crippen LogP contribution in [0.3, 0.4) is 0 Å². The molecular weight excluding hydrogens is 397 g/mol.